The van der Waals surface area contributed by atoms with E-state index < -0.39 is 0 Å². The van der Waals surface area contributed by atoms with Gasteiger partial charge in [-0.2, -0.15) is 0 Å². The Bertz CT molecular complexity index is 4560. The summed E-state index contributed by atoms with van der Waals surface area (Å²) in [5, 5.41) is 0. The molecular weight excluding hydrogens is 1050 g/mol. The van der Waals surface area contributed by atoms with Crippen LogP contribution < -0.4 is 62.2 Å². The fourth-order valence-corrected chi connectivity index (χ4v) is 14.1. The summed E-state index contributed by atoms with van der Waals surface area (Å²) in [4.78, 5) is 15.0. The smallest absolute Gasteiger partial charge is 0.252 e. The van der Waals surface area contributed by atoms with Gasteiger partial charge in [-0.05, 0) is 179 Å². The van der Waals surface area contributed by atoms with Gasteiger partial charge >= 0.3 is 0 Å². The normalized spacial score (nSPS) is 13.3. The maximum Gasteiger partial charge on any atom is 0.252 e. The fraction of sp³-hybridized carbons (Fsp3) is 0.0127. The van der Waals surface area contributed by atoms with Gasteiger partial charge in [0.15, 0.2) is 0 Å². The van der Waals surface area contributed by atoms with E-state index in [2.05, 4.69) is 352 Å². The molecule has 8 heteroatoms. The second-order valence-corrected chi connectivity index (χ2v) is 22.5. The van der Waals surface area contributed by atoms with E-state index in [1.54, 1.807) is 0 Å². The van der Waals surface area contributed by atoms with Crippen LogP contribution in [0.25, 0.3) is 0 Å². The molecule has 87 heavy (non-hydrogen) atoms. The monoisotopic (exact) mass is 1110 g/mol. The molecule has 0 radical (unpaired) electrons. The van der Waals surface area contributed by atoms with E-state index in [1.807, 2.05) is 12.2 Å². The molecule has 16 rings (SSSR count). The Kier molecular flexibility index (Phi) is 12.7. The molecule has 0 amide bonds. The summed E-state index contributed by atoms with van der Waals surface area (Å²) in [6.07, 6.45) is 8.15. The van der Waals surface area contributed by atoms with Gasteiger partial charge in [0.1, 0.15) is 0 Å². The van der Waals surface area contributed by atoms with Gasteiger partial charge in [-0.3, -0.25) is 0 Å². The topological polar surface area (TPSA) is 19.4 Å². The van der Waals surface area contributed by atoms with Gasteiger partial charge in [0.05, 0.1) is 11.4 Å². The van der Waals surface area contributed by atoms with Crippen molar-refractivity contribution >= 4 is 143 Å². The van der Waals surface area contributed by atoms with Crippen LogP contribution in [-0.4, -0.2) is 13.4 Å². The quantitative estimate of drug-likeness (QED) is 0.0891. The second-order valence-electron chi connectivity index (χ2n) is 22.5. The highest BCUT2D eigenvalue weighted by atomic mass is 15.2. The summed E-state index contributed by atoms with van der Waals surface area (Å²) in [6, 6.07) is 109. The number of para-hydroxylation sites is 9. The standard InChI is InChI=1S/C79H58B2N6/c1-3-4-12-31-56(2)82-70-48-29-27-46-66(70)80-68-54-73-69(55-72(68)86(62-42-23-10-24-43-62)76-52-64(50-74(82)78(76)80)83(57-32-13-5-14-33-57)58-34-15-6-16-35-58)81-67-47-28-30-49-71(67)85(61-40-21-9-22-41-61)75-51-65(53-77(79(75)81)87(73)63-44-25-11-26-45-63)84(59-36-17-7-18-37-59)60-38-19-8-20-39-60/h3-55H,1H2,2H3/b12-4-,56-31+. The van der Waals surface area contributed by atoms with Crippen LogP contribution in [0.1, 0.15) is 6.92 Å². The lowest BCUT2D eigenvalue weighted by Gasteiger charge is -2.48. The summed E-state index contributed by atoms with van der Waals surface area (Å²) >= 11 is 0. The summed E-state index contributed by atoms with van der Waals surface area (Å²) in [5.41, 5.74) is 27.3. The Morgan fingerprint density at radius 1 is 0.310 bits per heavy atom. The molecule has 0 bridgehead atoms. The van der Waals surface area contributed by atoms with E-state index in [9.17, 15) is 0 Å². The zero-order chi connectivity index (χ0) is 58.0. The molecule has 0 atom stereocenters. The molecule has 4 aliphatic rings. The van der Waals surface area contributed by atoms with Gasteiger partial charge in [0.2, 0.25) is 0 Å². The predicted molar refractivity (Wildman–Crippen MR) is 371 cm³/mol. The number of allylic oxidation sites excluding steroid dienone is 5. The highest BCUT2D eigenvalue weighted by molar-refractivity contribution is 7.02. The SMILES string of the molecule is C=C/C=C\C=C(/C)N1c2ccccc2B2c3cc4c(cc3N(c3ccccc3)c3cc(N(c5ccccc5)c5ccccc5)cc1c32)B1c2ccccc2N(c2ccccc2)c2cc(N(c3ccccc3)c3ccccc3)cc(c21)N4c1ccccc1. The van der Waals surface area contributed by atoms with Gasteiger partial charge in [0.25, 0.3) is 13.4 Å². The Morgan fingerprint density at radius 3 is 1.03 bits per heavy atom. The van der Waals surface area contributed by atoms with Crippen LogP contribution in [0.4, 0.5) is 96.7 Å². The van der Waals surface area contributed by atoms with Crippen LogP contribution >= 0.6 is 0 Å². The van der Waals surface area contributed by atoms with Crippen molar-refractivity contribution in [3.05, 3.63) is 334 Å². The van der Waals surface area contributed by atoms with Crippen molar-refractivity contribution in [1.29, 1.82) is 0 Å². The number of fused-ring (bicyclic) bond motifs is 8. The Hall–Kier alpha value is -11.2. The molecule has 0 unspecified atom stereocenters. The van der Waals surface area contributed by atoms with Crippen molar-refractivity contribution in [2.45, 2.75) is 6.92 Å². The zero-order valence-corrected chi connectivity index (χ0v) is 48.1. The number of benzene rings is 12. The molecule has 0 saturated heterocycles. The largest absolute Gasteiger partial charge is 0.315 e. The van der Waals surface area contributed by atoms with Gasteiger partial charge in [-0.15, -0.1) is 0 Å². The zero-order valence-electron chi connectivity index (χ0n) is 48.1. The van der Waals surface area contributed by atoms with Crippen molar-refractivity contribution in [2.75, 3.05) is 29.4 Å². The van der Waals surface area contributed by atoms with Crippen molar-refractivity contribution in [2.24, 2.45) is 0 Å². The third-order valence-electron chi connectivity index (χ3n) is 17.6. The lowest BCUT2D eigenvalue weighted by molar-refractivity contribution is 1.15. The van der Waals surface area contributed by atoms with Gasteiger partial charge < -0.3 is 29.4 Å². The molecule has 0 aliphatic carbocycles. The van der Waals surface area contributed by atoms with Crippen LogP contribution in [-0.2, 0) is 0 Å². The van der Waals surface area contributed by atoms with Crippen molar-refractivity contribution in [1.82, 2.24) is 0 Å². The fourth-order valence-electron chi connectivity index (χ4n) is 14.1. The minimum Gasteiger partial charge on any atom is -0.315 e. The van der Waals surface area contributed by atoms with Gasteiger partial charge in [0, 0.05) is 91.0 Å². The van der Waals surface area contributed by atoms with Crippen LogP contribution in [0.2, 0.25) is 0 Å². The molecule has 6 nitrogen and oxygen atoms in total. The van der Waals surface area contributed by atoms with Gasteiger partial charge in [-0.1, -0.05) is 189 Å². The molecular formula is C79H58B2N6. The average molecular weight is 1110 g/mol. The first kappa shape index (κ1) is 51.4. The predicted octanol–water partition coefficient (Wildman–Crippen LogP) is 17.1. The van der Waals surface area contributed by atoms with Crippen LogP contribution in [0.15, 0.2) is 334 Å². The molecule has 4 aliphatic heterocycles. The highest BCUT2D eigenvalue weighted by Gasteiger charge is 2.49. The average Bonchev–Trinajstić information content (AvgIpc) is 0.722. The van der Waals surface area contributed by atoms with Crippen LogP contribution in [0.3, 0.4) is 0 Å². The van der Waals surface area contributed by atoms with E-state index in [0.29, 0.717) is 0 Å². The molecule has 12 aromatic carbocycles. The van der Waals surface area contributed by atoms with E-state index in [-0.39, 0.29) is 13.4 Å². The Morgan fingerprint density at radius 2 is 0.632 bits per heavy atom. The first-order valence-corrected chi connectivity index (χ1v) is 29.9. The van der Waals surface area contributed by atoms with E-state index >= 15 is 0 Å². The third-order valence-corrected chi connectivity index (χ3v) is 17.6. The molecule has 12 aromatic rings. The highest BCUT2D eigenvalue weighted by Crippen LogP contribution is 2.51. The van der Waals surface area contributed by atoms with Crippen LogP contribution in [0, 0.1) is 0 Å². The third kappa shape index (κ3) is 8.51. The maximum absolute atomic E-state index is 4.03. The summed E-state index contributed by atoms with van der Waals surface area (Å²) in [5.74, 6) is 0. The van der Waals surface area contributed by atoms with Gasteiger partial charge in [-0.25, -0.2) is 0 Å². The maximum atomic E-state index is 4.03. The van der Waals surface area contributed by atoms with Crippen molar-refractivity contribution in [3.8, 4) is 0 Å². The first-order chi connectivity index (χ1) is 43.1. The number of hydrogen-bond acceptors (Lipinski definition) is 6. The van der Waals surface area contributed by atoms with E-state index in [4.69, 9.17) is 0 Å². The number of hydrogen-bond donors (Lipinski definition) is 0. The van der Waals surface area contributed by atoms with E-state index in [0.717, 1.165) is 102 Å². The minimum atomic E-state index is -0.171. The Balaban J connectivity index is 1.03. The van der Waals surface area contributed by atoms with Crippen molar-refractivity contribution < 1.29 is 0 Å². The molecule has 0 saturated carbocycles. The lowest BCUT2D eigenvalue weighted by Crippen LogP contribution is -2.64. The first-order valence-electron chi connectivity index (χ1n) is 29.9. The molecule has 0 spiro atoms. The van der Waals surface area contributed by atoms with Crippen molar-refractivity contribution in [3.63, 3.8) is 0 Å². The number of nitrogens with zero attached hydrogens (tertiary/aromatic N) is 6. The molecule has 0 aromatic heterocycles. The Labute approximate surface area is 510 Å². The lowest BCUT2D eigenvalue weighted by atomic mass is 9.31. The number of rotatable bonds is 12. The molecule has 0 N–H and O–H groups in total. The minimum absolute atomic E-state index is 0.166. The molecule has 4 heterocycles. The molecule has 410 valence electrons. The molecule has 0 fully saturated rings. The summed E-state index contributed by atoms with van der Waals surface area (Å²) < 4.78 is 0. The number of anilines is 17. The van der Waals surface area contributed by atoms with Crippen LogP contribution in [0.5, 0.6) is 0 Å². The summed E-state index contributed by atoms with van der Waals surface area (Å²) in [6.45, 7) is 5.92. The summed E-state index contributed by atoms with van der Waals surface area (Å²) in [7, 11) is 0. The second kappa shape index (κ2) is 21.4. The van der Waals surface area contributed by atoms with E-state index in [1.165, 1.54) is 32.8 Å².